The van der Waals surface area contributed by atoms with Gasteiger partial charge in [-0.25, -0.2) is 0 Å². The van der Waals surface area contributed by atoms with Crippen molar-refractivity contribution in [2.24, 2.45) is 0 Å². The Morgan fingerprint density at radius 2 is 1.81 bits per heavy atom. The Kier molecular flexibility index (Phi) is 6.34. The summed E-state index contributed by atoms with van der Waals surface area (Å²) >= 11 is 6.57. The highest BCUT2D eigenvalue weighted by atomic mass is 32.2. The van der Waals surface area contributed by atoms with Crippen molar-refractivity contribution in [2.75, 3.05) is 4.90 Å². The zero-order chi connectivity index (χ0) is 22.7. The van der Waals surface area contributed by atoms with E-state index in [1.165, 1.54) is 17.0 Å². The van der Waals surface area contributed by atoms with Crippen LogP contribution < -0.4 is 9.64 Å². The minimum absolute atomic E-state index is 0.0852. The fourth-order valence-corrected chi connectivity index (χ4v) is 4.52. The van der Waals surface area contributed by atoms with Gasteiger partial charge in [0.05, 0.1) is 15.5 Å². The third-order valence-electron chi connectivity index (χ3n) is 4.94. The van der Waals surface area contributed by atoms with Crippen LogP contribution >= 0.6 is 24.0 Å². The van der Waals surface area contributed by atoms with Crippen LogP contribution in [0, 0.1) is 17.0 Å². The second-order valence-corrected chi connectivity index (χ2v) is 8.72. The highest BCUT2D eigenvalue weighted by Gasteiger charge is 2.33. The van der Waals surface area contributed by atoms with Gasteiger partial charge in [-0.3, -0.25) is 19.8 Å². The number of benzene rings is 3. The van der Waals surface area contributed by atoms with Gasteiger partial charge in [0.25, 0.3) is 11.6 Å². The Hall–Kier alpha value is -3.49. The zero-order valence-electron chi connectivity index (χ0n) is 17.1. The van der Waals surface area contributed by atoms with Crippen molar-refractivity contribution >= 4 is 51.7 Å². The first-order valence-corrected chi connectivity index (χ1v) is 11.0. The maximum Gasteiger partial charge on any atom is 0.270 e. The number of thiocarbonyl (C=S) groups is 1. The summed E-state index contributed by atoms with van der Waals surface area (Å²) in [6.45, 7) is 2.29. The molecule has 6 nitrogen and oxygen atoms in total. The maximum atomic E-state index is 13.0. The summed E-state index contributed by atoms with van der Waals surface area (Å²) in [5, 5.41) is 11.3. The van der Waals surface area contributed by atoms with Crippen molar-refractivity contribution in [2.45, 2.75) is 13.5 Å². The number of nitro groups is 1. The van der Waals surface area contributed by atoms with Crippen molar-refractivity contribution in [3.8, 4) is 5.75 Å². The number of anilines is 1. The summed E-state index contributed by atoms with van der Waals surface area (Å²) in [4.78, 5) is 25.7. The number of carbonyl (C=O) groups is 1. The molecule has 0 radical (unpaired) electrons. The topological polar surface area (TPSA) is 72.7 Å². The van der Waals surface area contributed by atoms with Crippen molar-refractivity contribution in [1.29, 1.82) is 0 Å². The molecular weight excluding hydrogens is 444 g/mol. The number of nitrogens with zero attached hydrogens (tertiary/aromatic N) is 2. The first kappa shape index (κ1) is 21.7. The fourth-order valence-electron chi connectivity index (χ4n) is 3.23. The molecule has 0 aliphatic carbocycles. The van der Waals surface area contributed by atoms with Gasteiger partial charge >= 0.3 is 0 Å². The monoisotopic (exact) mass is 462 g/mol. The van der Waals surface area contributed by atoms with Gasteiger partial charge in [-0.05, 0) is 42.3 Å². The van der Waals surface area contributed by atoms with Crippen molar-refractivity contribution < 1.29 is 14.5 Å². The number of non-ortho nitro benzene ring substituents is 1. The molecule has 1 fully saturated rings. The number of nitro benzene ring substituents is 1. The minimum Gasteiger partial charge on any atom is -0.488 e. The van der Waals surface area contributed by atoms with E-state index in [0.29, 0.717) is 32.8 Å². The number of para-hydroxylation sites is 1. The van der Waals surface area contributed by atoms with Crippen LogP contribution in [0.2, 0.25) is 0 Å². The van der Waals surface area contributed by atoms with Gasteiger partial charge < -0.3 is 4.74 Å². The second-order valence-electron chi connectivity index (χ2n) is 7.05. The van der Waals surface area contributed by atoms with Crippen LogP contribution in [0.3, 0.4) is 0 Å². The molecule has 32 heavy (non-hydrogen) atoms. The predicted molar refractivity (Wildman–Crippen MR) is 131 cm³/mol. The molecule has 0 atom stereocenters. The molecule has 160 valence electrons. The number of aryl methyl sites for hydroxylation is 1. The van der Waals surface area contributed by atoms with Gasteiger partial charge in [-0.2, -0.15) is 0 Å². The van der Waals surface area contributed by atoms with Crippen LogP contribution in [-0.2, 0) is 11.4 Å². The lowest BCUT2D eigenvalue weighted by Gasteiger charge is -2.14. The lowest BCUT2D eigenvalue weighted by molar-refractivity contribution is -0.384. The average Bonchev–Trinajstić information content (AvgIpc) is 3.07. The Balaban J connectivity index is 1.67. The Morgan fingerprint density at radius 1 is 1.09 bits per heavy atom. The summed E-state index contributed by atoms with van der Waals surface area (Å²) in [5.41, 5.74) is 3.12. The van der Waals surface area contributed by atoms with Crippen molar-refractivity contribution in [1.82, 2.24) is 0 Å². The summed E-state index contributed by atoms with van der Waals surface area (Å²) < 4.78 is 6.39. The number of hydrogen-bond acceptors (Lipinski definition) is 6. The summed E-state index contributed by atoms with van der Waals surface area (Å²) in [6.07, 6.45) is 1.60. The fraction of sp³-hybridized carbons (Fsp3) is 0.0833. The molecule has 1 saturated heterocycles. The molecule has 1 heterocycles. The standard InChI is InChI=1S/C24H18N2O4S2/c1-16-7-5-6-8-17(16)15-30-21-12-11-20(26(28)29)13-18(21)14-22-23(27)25(24(31)32-22)19-9-3-2-4-10-19/h2-14H,15H2,1H3/b22-14-. The largest absolute Gasteiger partial charge is 0.488 e. The van der Waals surface area contributed by atoms with E-state index in [4.69, 9.17) is 17.0 Å². The molecule has 1 amide bonds. The van der Waals surface area contributed by atoms with Crippen molar-refractivity contribution in [3.63, 3.8) is 0 Å². The highest BCUT2D eigenvalue weighted by Crippen LogP contribution is 2.37. The minimum atomic E-state index is -0.475. The van der Waals surface area contributed by atoms with Crippen molar-refractivity contribution in [3.05, 3.63) is 105 Å². The molecule has 3 aromatic carbocycles. The molecule has 0 aromatic heterocycles. The Labute approximate surface area is 194 Å². The summed E-state index contributed by atoms with van der Waals surface area (Å²) in [5.74, 6) is 0.173. The Morgan fingerprint density at radius 3 is 2.53 bits per heavy atom. The third kappa shape index (κ3) is 4.56. The number of thioether (sulfide) groups is 1. The number of amides is 1. The average molecular weight is 463 g/mol. The van der Waals surface area contributed by atoms with Gasteiger partial charge in [-0.1, -0.05) is 66.4 Å². The highest BCUT2D eigenvalue weighted by molar-refractivity contribution is 8.27. The molecule has 4 rings (SSSR count). The van der Waals surface area contributed by atoms with E-state index in [9.17, 15) is 14.9 Å². The van der Waals surface area contributed by atoms with Gasteiger partial charge in [-0.15, -0.1) is 0 Å². The molecule has 0 spiro atoms. The van der Waals surface area contributed by atoms with E-state index in [1.807, 2.05) is 49.4 Å². The molecule has 8 heteroatoms. The molecular formula is C24H18N2O4S2. The third-order valence-corrected chi connectivity index (χ3v) is 6.25. The van der Waals surface area contributed by atoms with Gasteiger partial charge in [0.15, 0.2) is 4.32 Å². The molecule has 0 unspecified atom stereocenters. The molecule has 1 aliphatic heterocycles. The van der Waals surface area contributed by atoms with Crippen LogP contribution in [0.1, 0.15) is 16.7 Å². The number of hydrogen-bond donors (Lipinski definition) is 0. The lowest BCUT2D eigenvalue weighted by Crippen LogP contribution is -2.27. The molecule has 1 aliphatic rings. The van der Waals surface area contributed by atoms with Crippen LogP contribution in [-0.4, -0.2) is 15.2 Å². The van der Waals surface area contributed by atoms with Crippen LogP contribution in [0.5, 0.6) is 5.75 Å². The van der Waals surface area contributed by atoms with Gasteiger partial charge in [0.1, 0.15) is 12.4 Å². The molecule has 0 saturated carbocycles. The van der Waals surface area contributed by atoms with E-state index in [2.05, 4.69) is 0 Å². The van der Waals surface area contributed by atoms with E-state index >= 15 is 0 Å². The first-order chi connectivity index (χ1) is 15.4. The Bertz CT molecular complexity index is 1240. The van der Waals surface area contributed by atoms with E-state index in [1.54, 1.807) is 24.3 Å². The van der Waals surface area contributed by atoms with Gasteiger partial charge in [0, 0.05) is 17.7 Å². The van der Waals surface area contributed by atoms with E-state index in [0.717, 1.165) is 22.9 Å². The number of carbonyl (C=O) groups excluding carboxylic acids is 1. The quantitative estimate of drug-likeness (QED) is 0.197. The van der Waals surface area contributed by atoms with E-state index < -0.39 is 4.92 Å². The van der Waals surface area contributed by atoms with Crippen LogP contribution in [0.15, 0.2) is 77.7 Å². The molecule has 3 aromatic rings. The lowest BCUT2D eigenvalue weighted by atomic mass is 10.1. The van der Waals surface area contributed by atoms with Crippen LogP contribution in [0.4, 0.5) is 11.4 Å². The first-order valence-electron chi connectivity index (χ1n) is 9.73. The zero-order valence-corrected chi connectivity index (χ0v) is 18.7. The number of rotatable bonds is 6. The van der Waals surface area contributed by atoms with E-state index in [-0.39, 0.29) is 11.6 Å². The summed E-state index contributed by atoms with van der Waals surface area (Å²) in [6, 6.07) is 21.3. The maximum absolute atomic E-state index is 13.0. The summed E-state index contributed by atoms with van der Waals surface area (Å²) in [7, 11) is 0. The predicted octanol–water partition coefficient (Wildman–Crippen LogP) is 5.89. The second kappa shape index (κ2) is 9.33. The van der Waals surface area contributed by atoms with Gasteiger partial charge in [0.2, 0.25) is 0 Å². The SMILES string of the molecule is Cc1ccccc1COc1ccc([N+](=O)[O-])cc1/C=C1\SC(=S)N(c2ccccc2)C1=O. The molecule has 0 bridgehead atoms. The molecule has 0 N–H and O–H groups in total. The van der Waals surface area contributed by atoms with Crippen LogP contribution in [0.25, 0.3) is 6.08 Å². The number of ether oxygens (including phenoxy) is 1. The normalized spacial score (nSPS) is 14.8. The smallest absolute Gasteiger partial charge is 0.270 e.